The van der Waals surface area contributed by atoms with E-state index in [-0.39, 0.29) is 5.97 Å². The van der Waals surface area contributed by atoms with Crippen LogP contribution in [0, 0.1) is 5.92 Å². The molecule has 1 fully saturated rings. The number of rotatable bonds is 2. The molecule has 0 aromatic rings. The number of hydrogen-bond donors (Lipinski definition) is 0. The zero-order chi connectivity index (χ0) is 12.3. The highest BCUT2D eigenvalue weighted by atomic mass is 16.5. The minimum Gasteiger partial charge on any atom is -0.466 e. The van der Waals surface area contributed by atoms with Crippen LogP contribution in [0.4, 0.5) is 0 Å². The molecule has 3 nitrogen and oxygen atoms in total. The van der Waals surface area contributed by atoms with Crippen molar-refractivity contribution in [1.82, 2.24) is 4.90 Å². The minimum atomic E-state index is -0.140. The van der Waals surface area contributed by atoms with Gasteiger partial charge in [0.1, 0.15) is 0 Å². The van der Waals surface area contributed by atoms with Gasteiger partial charge in [0.15, 0.2) is 0 Å². The molecule has 0 spiro atoms. The third-order valence-corrected chi connectivity index (χ3v) is 4.20. The lowest BCUT2D eigenvalue weighted by Crippen LogP contribution is -2.41. The lowest BCUT2D eigenvalue weighted by Gasteiger charge is -2.38. The van der Waals surface area contributed by atoms with Gasteiger partial charge in [-0.1, -0.05) is 25.3 Å². The van der Waals surface area contributed by atoms with E-state index >= 15 is 0 Å². The standard InChI is InChI=1S/C14H23NO2/c1-15-9-8-12(14(16)17-2)10-13(15)11-6-4-3-5-7-11/h10-11,13H,3-9H2,1-2H3. The van der Waals surface area contributed by atoms with Gasteiger partial charge in [-0.3, -0.25) is 4.90 Å². The SMILES string of the molecule is COC(=O)C1=CC(C2CCCCC2)N(C)CC1. The second-order valence-corrected chi connectivity index (χ2v) is 5.30. The quantitative estimate of drug-likeness (QED) is 0.691. The normalized spacial score (nSPS) is 27.6. The zero-order valence-electron chi connectivity index (χ0n) is 10.9. The Labute approximate surface area is 104 Å². The first-order valence-corrected chi connectivity index (χ1v) is 6.71. The van der Waals surface area contributed by atoms with E-state index in [0.717, 1.165) is 24.5 Å². The summed E-state index contributed by atoms with van der Waals surface area (Å²) in [5.74, 6) is 0.590. The van der Waals surface area contributed by atoms with Gasteiger partial charge in [0.25, 0.3) is 0 Å². The Morgan fingerprint density at radius 1 is 1.35 bits per heavy atom. The molecule has 1 aliphatic heterocycles. The predicted molar refractivity (Wildman–Crippen MR) is 67.7 cm³/mol. The maximum absolute atomic E-state index is 11.6. The summed E-state index contributed by atoms with van der Waals surface area (Å²) in [6, 6.07) is 0.443. The fourth-order valence-electron chi connectivity index (χ4n) is 3.14. The summed E-state index contributed by atoms with van der Waals surface area (Å²) in [7, 11) is 3.64. The van der Waals surface area contributed by atoms with Gasteiger partial charge >= 0.3 is 5.97 Å². The van der Waals surface area contributed by atoms with Crippen LogP contribution in [0.2, 0.25) is 0 Å². The van der Waals surface area contributed by atoms with E-state index in [4.69, 9.17) is 4.74 Å². The fourth-order valence-corrected chi connectivity index (χ4v) is 3.14. The molecule has 1 unspecified atom stereocenters. The molecule has 0 bridgehead atoms. The van der Waals surface area contributed by atoms with Crippen molar-refractivity contribution in [3.05, 3.63) is 11.6 Å². The molecule has 2 aliphatic rings. The molecule has 17 heavy (non-hydrogen) atoms. The van der Waals surface area contributed by atoms with E-state index in [9.17, 15) is 4.79 Å². The van der Waals surface area contributed by atoms with Crippen molar-refractivity contribution in [3.63, 3.8) is 0 Å². The molecule has 1 heterocycles. The number of carbonyl (C=O) groups excluding carboxylic acids is 1. The van der Waals surface area contributed by atoms with Gasteiger partial charge in [0.2, 0.25) is 0 Å². The van der Waals surface area contributed by atoms with Crippen molar-refractivity contribution in [3.8, 4) is 0 Å². The first-order chi connectivity index (χ1) is 8.22. The van der Waals surface area contributed by atoms with Crippen molar-refractivity contribution in [2.24, 2.45) is 5.92 Å². The van der Waals surface area contributed by atoms with Crippen molar-refractivity contribution in [1.29, 1.82) is 0 Å². The fraction of sp³-hybridized carbons (Fsp3) is 0.786. The Morgan fingerprint density at radius 2 is 2.06 bits per heavy atom. The first kappa shape index (κ1) is 12.6. The smallest absolute Gasteiger partial charge is 0.333 e. The number of likely N-dealkylation sites (N-methyl/N-ethyl adjacent to an activating group) is 1. The Morgan fingerprint density at radius 3 is 2.71 bits per heavy atom. The van der Waals surface area contributed by atoms with Crippen LogP contribution in [0.5, 0.6) is 0 Å². The molecule has 3 heteroatoms. The lowest BCUT2D eigenvalue weighted by molar-refractivity contribution is -0.136. The minimum absolute atomic E-state index is 0.140. The van der Waals surface area contributed by atoms with Crippen LogP contribution in [0.3, 0.4) is 0 Å². The summed E-state index contributed by atoms with van der Waals surface area (Å²) in [4.78, 5) is 14.0. The lowest BCUT2D eigenvalue weighted by atomic mass is 9.81. The number of esters is 1. The number of nitrogens with zero attached hydrogens (tertiary/aromatic N) is 1. The van der Waals surface area contributed by atoms with E-state index in [2.05, 4.69) is 18.0 Å². The number of hydrogen-bond acceptors (Lipinski definition) is 3. The third-order valence-electron chi connectivity index (χ3n) is 4.20. The highest BCUT2D eigenvalue weighted by Gasteiger charge is 2.29. The Hall–Kier alpha value is -0.830. The second kappa shape index (κ2) is 5.67. The maximum atomic E-state index is 11.6. The Balaban J connectivity index is 2.09. The Kier molecular flexibility index (Phi) is 4.21. The topological polar surface area (TPSA) is 29.5 Å². The van der Waals surface area contributed by atoms with Crippen molar-refractivity contribution in [2.75, 3.05) is 20.7 Å². The maximum Gasteiger partial charge on any atom is 0.333 e. The van der Waals surface area contributed by atoms with Crippen LogP contribution in [0.1, 0.15) is 38.5 Å². The molecule has 1 aliphatic carbocycles. The predicted octanol–water partition coefficient (Wildman–Crippen LogP) is 2.37. The number of ether oxygens (including phenoxy) is 1. The van der Waals surface area contributed by atoms with Gasteiger partial charge in [-0.25, -0.2) is 4.79 Å². The molecule has 0 radical (unpaired) electrons. The zero-order valence-corrected chi connectivity index (χ0v) is 10.9. The van der Waals surface area contributed by atoms with Gasteiger partial charge < -0.3 is 4.74 Å². The van der Waals surface area contributed by atoms with Crippen LogP contribution in [-0.2, 0) is 9.53 Å². The number of carbonyl (C=O) groups is 1. The summed E-state index contributed by atoms with van der Waals surface area (Å²) in [6.45, 7) is 0.974. The largest absolute Gasteiger partial charge is 0.466 e. The average Bonchev–Trinajstić information content (AvgIpc) is 2.39. The van der Waals surface area contributed by atoms with Crippen LogP contribution in [-0.4, -0.2) is 37.6 Å². The van der Waals surface area contributed by atoms with Gasteiger partial charge in [0.05, 0.1) is 7.11 Å². The summed E-state index contributed by atoms with van der Waals surface area (Å²) in [5.41, 5.74) is 0.876. The second-order valence-electron chi connectivity index (χ2n) is 5.30. The van der Waals surface area contributed by atoms with E-state index in [0.29, 0.717) is 6.04 Å². The highest BCUT2D eigenvalue weighted by molar-refractivity contribution is 5.88. The van der Waals surface area contributed by atoms with E-state index in [1.54, 1.807) is 0 Å². The van der Waals surface area contributed by atoms with E-state index < -0.39 is 0 Å². The molecule has 1 saturated carbocycles. The third kappa shape index (κ3) is 2.89. The van der Waals surface area contributed by atoms with Gasteiger partial charge in [-0.05, 0) is 32.2 Å². The van der Waals surface area contributed by atoms with Crippen molar-refractivity contribution in [2.45, 2.75) is 44.6 Å². The first-order valence-electron chi connectivity index (χ1n) is 6.71. The molecule has 0 amide bonds. The highest BCUT2D eigenvalue weighted by Crippen LogP contribution is 2.32. The van der Waals surface area contributed by atoms with E-state index in [1.807, 2.05) is 0 Å². The molecular formula is C14H23NO2. The molecule has 96 valence electrons. The van der Waals surface area contributed by atoms with Crippen LogP contribution in [0.15, 0.2) is 11.6 Å². The van der Waals surface area contributed by atoms with Gasteiger partial charge in [0, 0.05) is 18.2 Å². The van der Waals surface area contributed by atoms with Crippen LogP contribution in [0.25, 0.3) is 0 Å². The Bertz CT molecular complexity index is 305. The molecule has 0 aromatic carbocycles. The molecule has 2 rings (SSSR count). The van der Waals surface area contributed by atoms with Gasteiger partial charge in [-0.2, -0.15) is 0 Å². The van der Waals surface area contributed by atoms with Crippen molar-refractivity contribution >= 4 is 5.97 Å². The average molecular weight is 237 g/mol. The summed E-state index contributed by atoms with van der Waals surface area (Å²) in [6.07, 6.45) is 9.66. The van der Waals surface area contributed by atoms with Gasteiger partial charge in [-0.15, -0.1) is 0 Å². The molecule has 0 aromatic heterocycles. The summed E-state index contributed by atoms with van der Waals surface area (Å²) < 4.78 is 4.83. The monoisotopic (exact) mass is 237 g/mol. The molecular weight excluding hydrogens is 214 g/mol. The van der Waals surface area contributed by atoms with Crippen LogP contribution >= 0.6 is 0 Å². The molecule has 0 saturated heterocycles. The van der Waals surface area contributed by atoms with Crippen molar-refractivity contribution < 1.29 is 9.53 Å². The van der Waals surface area contributed by atoms with E-state index in [1.165, 1.54) is 39.2 Å². The summed E-state index contributed by atoms with van der Waals surface area (Å²) >= 11 is 0. The number of methoxy groups -OCH3 is 1. The molecule has 1 atom stereocenters. The summed E-state index contributed by atoms with van der Waals surface area (Å²) in [5, 5.41) is 0. The van der Waals surface area contributed by atoms with Crippen LogP contribution < -0.4 is 0 Å². The molecule has 0 N–H and O–H groups in total.